The SMILES string of the molecule is COc1ccc2[nH]c(=S)n(-c3cc(C)cc(Br)c3)c2n1. The van der Waals surface area contributed by atoms with Crippen LogP contribution in [-0.2, 0) is 0 Å². The highest BCUT2D eigenvalue weighted by molar-refractivity contribution is 9.10. The molecule has 4 nitrogen and oxygen atoms in total. The molecule has 2 aromatic heterocycles. The molecule has 20 heavy (non-hydrogen) atoms. The molecule has 1 aromatic carbocycles. The molecule has 0 spiro atoms. The predicted octanol–water partition coefficient (Wildman–Crippen LogP) is 4.16. The molecule has 0 aliphatic carbocycles. The van der Waals surface area contributed by atoms with Gasteiger partial charge in [-0.3, -0.25) is 4.57 Å². The van der Waals surface area contributed by atoms with Crippen LogP contribution >= 0.6 is 28.1 Å². The van der Waals surface area contributed by atoms with Gasteiger partial charge in [0.1, 0.15) is 0 Å². The number of nitrogens with zero attached hydrogens (tertiary/aromatic N) is 2. The second kappa shape index (κ2) is 5.03. The summed E-state index contributed by atoms with van der Waals surface area (Å²) in [6.45, 7) is 2.04. The molecule has 3 rings (SSSR count). The summed E-state index contributed by atoms with van der Waals surface area (Å²) in [6.07, 6.45) is 0. The zero-order valence-corrected chi connectivity index (χ0v) is 13.4. The number of ether oxygens (including phenoxy) is 1. The topological polar surface area (TPSA) is 42.8 Å². The largest absolute Gasteiger partial charge is 0.481 e. The Labute approximate surface area is 129 Å². The number of rotatable bonds is 2. The van der Waals surface area contributed by atoms with Gasteiger partial charge in [0, 0.05) is 10.5 Å². The fourth-order valence-electron chi connectivity index (χ4n) is 2.17. The molecule has 6 heteroatoms. The van der Waals surface area contributed by atoms with E-state index in [2.05, 4.69) is 38.0 Å². The van der Waals surface area contributed by atoms with E-state index in [1.807, 2.05) is 29.7 Å². The quantitative estimate of drug-likeness (QED) is 0.706. The third kappa shape index (κ3) is 2.25. The van der Waals surface area contributed by atoms with Gasteiger partial charge in [0.2, 0.25) is 5.88 Å². The summed E-state index contributed by atoms with van der Waals surface area (Å²) in [7, 11) is 1.60. The van der Waals surface area contributed by atoms with Crippen LogP contribution < -0.4 is 4.74 Å². The summed E-state index contributed by atoms with van der Waals surface area (Å²) >= 11 is 8.92. The van der Waals surface area contributed by atoms with Crippen LogP contribution in [-0.4, -0.2) is 21.6 Å². The fourth-order valence-corrected chi connectivity index (χ4v) is 3.06. The van der Waals surface area contributed by atoms with Gasteiger partial charge in [-0.2, -0.15) is 4.98 Å². The number of methoxy groups -OCH3 is 1. The number of aromatic amines is 1. The summed E-state index contributed by atoms with van der Waals surface area (Å²) in [5.74, 6) is 0.562. The van der Waals surface area contributed by atoms with Crippen molar-refractivity contribution < 1.29 is 4.74 Å². The maximum absolute atomic E-state index is 5.41. The van der Waals surface area contributed by atoms with Crippen molar-refractivity contribution in [1.82, 2.24) is 14.5 Å². The number of imidazole rings is 1. The lowest BCUT2D eigenvalue weighted by atomic mass is 10.2. The molecule has 102 valence electrons. The Balaban J connectivity index is 2.34. The Morgan fingerprint density at radius 2 is 2.10 bits per heavy atom. The molecule has 0 saturated heterocycles. The van der Waals surface area contributed by atoms with E-state index >= 15 is 0 Å². The van der Waals surface area contributed by atoms with Crippen molar-refractivity contribution >= 4 is 39.3 Å². The number of halogens is 1. The predicted molar refractivity (Wildman–Crippen MR) is 85.2 cm³/mol. The lowest BCUT2D eigenvalue weighted by molar-refractivity contribution is 0.399. The van der Waals surface area contributed by atoms with Gasteiger partial charge in [-0.15, -0.1) is 0 Å². The maximum atomic E-state index is 5.41. The van der Waals surface area contributed by atoms with Crippen LogP contribution in [0.25, 0.3) is 16.9 Å². The van der Waals surface area contributed by atoms with E-state index in [9.17, 15) is 0 Å². The first-order valence-corrected chi connectivity index (χ1v) is 7.22. The van der Waals surface area contributed by atoms with Crippen molar-refractivity contribution in [1.29, 1.82) is 0 Å². The van der Waals surface area contributed by atoms with E-state index in [-0.39, 0.29) is 0 Å². The van der Waals surface area contributed by atoms with Gasteiger partial charge in [0.05, 0.1) is 18.3 Å². The summed E-state index contributed by atoms with van der Waals surface area (Å²) < 4.78 is 8.71. The van der Waals surface area contributed by atoms with Crippen molar-refractivity contribution in [3.63, 3.8) is 0 Å². The molecule has 0 fully saturated rings. The summed E-state index contributed by atoms with van der Waals surface area (Å²) in [5.41, 5.74) is 3.75. The van der Waals surface area contributed by atoms with E-state index in [0.29, 0.717) is 10.7 Å². The number of pyridine rings is 1. The van der Waals surface area contributed by atoms with Crippen LogP contribution in [0.4, 0.5) is 0 Å². The standard InChI is InChI=1S/C14H12BrN3OS/c1-8-5-9(15)7-10(6-8)18-13-11(16-14(18)20)3-4-12(17-13)19-2/h3-7H,1-2H3,(H,16,20). The van der Waals surface area contributed by atoms with Gasteiger partial charge in [0.25, 0.3) is 0 Å². The van der Waals surface area contributed by atoms with Crippen LogP contribution in [0, 0.1) is 11.7 Å². The first-order valence-electron chi connectivity index (χ1n) is 6.02. The Bertz CT molecular complexity index is 833. The van der Waals surface area contributed by atoms with Gasteiger partial charge < -0.3 is 9.72 Å². The average molecular weight is 350 g/mol. The molecule has 0 radical (unpaired) electrons. The zero-order chi connectivity index (χ0) is 14.3. The zero-order valence-electron chi connectivity index (χ0n) is 11.0. The molecule has 1 N–H and O–H groups in total. The average Bonchev–Trinajstić information content (AvgIpc) is 2.72. The van der Waals surface area contributed by atoms with Crippen LogP contribution in [0.5, 0.6) is 5.88 Å². The van der Waals surface area contributed by atoms with Crippen LogP contribution in [0.3, 0.4) is 0 Å². The van der Waals surface area contributed by atoms with Gasteiger partial charge in [-0.25, -0.2) is 0 Å². The monoisotopic (exact) mass is 349 g/mol. The number of hydrogen-bond donors (Lipinski definition) is 1. The number of nitrogens with one attached hydrogen (secondary N) is 1. The Hall–Kier alpha value is -1.66. The highest BCUT2D eigenvalue weighted by Gasteiger charge is 2.10. The van der Waals surface area contributed by atoms with Crippen molar-refractivity contribution in [3.8, 4) is 11.6 Å². The minimum Gasteiger partial charge on any atom is -0.481 e. The van der Waals surface area contributed by atoms with E-state index in [1.165, 1.54) is 0 Å². The van der Waals surface area contributed by atoms with Gasteiger partial charge in [-0.1, -0.05) is 15.9 Å². The van der Waals surface area contributed by atoms with Crippen molar-refractivity contribution in [2.75, 3.05) is 7.11 Å². The Morgan fingerprint density at radius 3 is 2.80 bits per heavy atom. The first kappa shape index (κ1) is 13.3. The Kier molecular flexibility index (Phi) is 3.35. The summed E-state index contributed by atoms with van der Waals surface area (Å²) in [5, 5.41) is 0. The van der Waals surface area contributed by atoms with Crippen LogP contribution in [0.15, 0.2) is 34.8 Å². The van der Waals surface area contributed by atoms with E-state index < -0.39 is 0 Å². The molecule has 2 heterocycles. The molecule has 0 amide bonds. The molecule has 0 bridgehead atoms. The summed E-state index contributed by atoms with van der Waals surface area (Å²) in [6, 6.07) is 9.85. The normalized spacial score (nSPS) is 10.9. The smallest absolute Gasteiger partial charge is 0.215 e. The molecule has 0 saturated carbocycles. The Morgan fingerprint density at radius 1 is 1.30 bits per heavy atom. The van der Waals surface area contributed by atoms with Crippen LogP contribution in [0.2, 0.25) is 0 Å². The van der Waals surface area contributed by atoms with Crippen molar-refractivity contribution in [3.05, 3.63) is 45.1 Å². The molecule has 3 aromatic rings. The third-order valence-electron chi connectivity index (χ3n) is 3.00. The number of fused-ring (bicyclic) bond motifs is 1. The lowest BCUT2D eigenvalue weighted by Crippen LogP contribution is -1.97. The third-order valence-corrected chi connectivity index (χ3v) is 3.74. The van der Waals surface area contributed by atoms with Crippen molar-refractivity contribution in [2.24, 2.45) is 0 Å². The number of benzene rings is 1. The molecule has 0 atom stereocenters. The molecule has 0 aliphatic heterocycles. The highest BCUT2D eigenvalue weighted by atomic mass is 79.9. The van der Waals surface area contributed by atoms with Gasteiger partial charge >= 0.3 is 0 Å². The number of aryl methyl sites for hydroxylation is 1. The second-order valence-corrected chi connectivity index (χ2v) is 5.78. The fraction of sp³-hybridized carbons (Fsp3) is 0.143. The van der Waals surface area contributed by atoms with E-state index in [1.54, 1.807) is 7.11 Å². The molecular weight excluding hydrogens is 338 g/mol. The molecule has 0 aliphatic rings. The number of hydrogen-bond acceptors (Lipinski definition) is 3. The lowest BCUT2D eigenvalue weighted by Gasteiger charge is -2.07. The number of H-pyrrole nitrogens is 1. The number of aromatic nitrogens is 3. The molecular formula is C14H12BrN3OS. The summed E-state index contributed by atoms with van der Waals surface area (Å²) in [4.78, 5) is 7.64. The maximum Gasteiger partial charge on any atom is 0.215 e. The first-order chi connectivity index (χ1) is 9.58. The van der Waals surface area contributed by atoms with Gasteiger partial charge in [0.15, 0.2) is 10.4 Å². The van der Waals surface area contributed by atoms with Crippen LogP contribution in [0.1, 0.15) is 5.56 Å². The van der Waals surface area contributed by atoms with Gasteiger partial charge in [-0.05, 0) is 49.0 Å². The second-order valence-electron chi connectivity index (χ2n) is 4.48. The minimum absolute atomic E-state index is 0.562. The molecule has 0 unspecified atom stereocenters. The highest BCUT2D eigenvalue weighted by Crippen LogP contribution is 2.24. The van der Waals surface area contributed by atoms with E-state index in [0.717, 1.165) is 26.9 Å². The minimum atomic E-state index is 0.562. The van der Waals surface area contributed by atoms with Crippen molar-refractivity contribution in [2.45, 2.75) is 6.92 Å². The van der Waals surface area contributed by atoms with E-state index in [4.69, 9.17) is 17.0 Å².